The van der Waals surface area contributed by atoms with E-state index in [1.54, 1.807) is 18.2 Å². The molecule has 0 fully saturated rings. The number of nitro groups is 1. The number of aromatic nitrogens is 1. The number of fused-ring (bicyclic) bond motifs is 2. The van der Waals surface area contributed by atoms with Gasteiger partial charge in [-0.3, -0.25) is 14.9 Å². The SMILES string of the molecule is O=C1CC(OCCCCCC(F)(F)F)=Cc2nc3cc([N+](=O)[O-])ccc3cc21. The maximum absolute atomic E-state index is 12.4. The zero-order valence-corrected chi connectivity index (χ0v) is 14.8. The molecule has 6 nitrogen and oxygen atoms in total. The normalized spacial score (nSPS) is 14.0. The average Bonchev–Trinajstić information content (AvgIpc) is 2.62. The highest BCUT2D eigenvalue weighted by atomic mass is 19.4. The number of halogens is 3. The molecule has 1 aromatic carbocycles. The van der Waals surface area contributed by atoms with Crippen molar-refractivity contribution in [1.82, 2.24) is 4.98 Å². The summed E-state index contributed by atoms with van der Waals surface area (Å²) in [4.78, 5) is 27.1. The lowest BCUT2D eigenvalue weighted by molar-refractivity contribution is -0.384. The van der Waals surface area contributed by atoms with Gasteiger partial charge in [-0.1, -0.05) is 0 Å². The number of rotatable bonds is 7. The first-order valence-corrected chi connectivity index (χ1v) is 8.75. The number of allylic oxidation sites excluding steroid dienone is 1. The number of benzene rings is 1. The monoisotopic (exact) mass is 394 g/mol. The third-order valence-corrected chi connectivity index (χ3v) is 4.37. The molecule has 0 amide bonds. The van der Waals surface area contributed by atoms with Crippen LogP contribution in [0.25, 0.3) is 17.0 Å². The van der Waals surface area contributed by atoms with Crippen LogP contribution in [0.2, 0.25) is 0 Å². The van der Waals surface area contributed by atoms with E-state index in [2.05, 4.69) is 4.98 Å². The van der Waals surface area contributed by atoms with Crippen LogP contribution >= 0.6 is 0 Å². The second kappa shape index (κ2) is 7.95. The van der Waals surface area contributed by atoms with Gasteiger partial charge in [-0.05, 0) is 31.4 Å². The van der Waals surface area contributed by atoms with Gasteiger partial charge < -0.3 is 4.74 Å². The number of pyridine rings is 1. The summed E-state index contributed by atoms with van der Waals surface area (Å²) in [6.45, 7) is 0.214. The highest BCUT2D eigenvalue weighted by Crippen LogP contribution is 2.28. The second-order valence-corrected chi connectivity index (χ2v) is 6.54. The van der Waals surface area contributed by atoms with Crippen molar-refractivity contribution in [3.8, 4) is 0 Å². The molecule has 0 N–H and O–H groups in total. The maximum Gasteiger partial charge on any atom is 0.389 e. The summed E-state index contributed by atoms with van der Waals surface area (Å²) in [7, 11) is 0. The first-order chi connectivity index (χ1) is 13.2. The summed E-state index contributed by atoms with van der Waals surface area (Å²) in [6.07, 6.45) is -2.44. The van der Waals surface area contributed by atoms with Crippen LogP contribution in [0, 0.1) is 10.1 Å². The van der Waals surface area contributed by atoms with Crippen molar-refractivity contribution in [1.29, 1.82) is 0 Å². The van der Waals surface area contributed by atoms with Crippen molar-refractivity contribution in [2.75, 3.05) is 6.61 Å². The van der Waals surface area contributed by atoms with E-state index in [1.807, 2.05) is 0 Å². The Bertz CT molecular complexity index is 954. The molecule has 0 unspecified atom stereocenters. The van der Waals surface area contributed by atoms with Gasteiger partial charge in [-0.2, -0.15) is 13.2 Å². The van der Waals surface area contributed by atoms with Crippen molar-refractivity contribution in [3.63, 3.8) is 0 Å². The number of non-ortho nitro benzene ring substituents is 1. The lowest BCUT2D eigenvalue weighted by Gasteiger charge is -2.16. The largest absolute Gasteiger partial charge is 0.497 e. The Labute approximate surface area is 158 Å². The van der Waals surface area contributed by atoms with E-state index in [0.29, 0.717) is 40.8 Å². The molecular formula is C19H17F3N2O4. The fourth-order valence-electron chi connectivity index (χ4n) is 2.97. The molecule has 0 aliphatic heterocycles. The number of hydrogen-bond donors (Lipinski definition) is 0. The van der Waals surface area contributed by atoms with E-state index in [-0.39, 0.29) is 30.9 Å². The minimum absolute atomic E-state index is 0.0417. The molecule has 9 heteroatoms. The summed E-state index contributed by atoms with van der Waals surface area (Å²) in [5, 5.41) is 11.5. The molecule has 1 aliphatic carbocycles. The van der Waals surface area contributed by atoms with Gasteiger partial charge in [0.05, 0.1) is 29.2 Å². The van der Waals surface area contributed by atoms with E-state index in [1.165, 1.54) is 12.1 Å². The predicted molar refractivity (Wildman–Crippen MR) is 95.8 cm³/mol. The first-order valence-electron chi connectivity index (χ1n) is 8.75. The van der Waals surface area contributed by atoms with Gasteiger partial charge in [0.15, 0.2) is 5.78 Å². The molecule has 1 aliphatic rings. The summed E-state index contributed by atoms with van der Waals surface area (Å²) in [6, 6.07) is 5.88. The summed E-state index contributed by atoms with van der Waals surface area (Å²) in [5.41, 5.74) is 1.09. The van der Waals surface area contributed by atoms with Crippen LogP contribution in [0.15, 0.2) is 30.0 Å². The zero-order valence-electron chi connectivity index (χ0n) is 14.8. The number of carbonyl (C=O) groups excluding carboxylic acids is 1. The summed E-state index contributed by atoms with van der Waals surface area (Å²) in [5.74, 6) is 0.211. The maximum atomic E-state index is 12.4. The number of carbonyl (C=O) groups is 1. The lowest BCUT2D eigenvalue weighted by Crippen LogP contribution is -2.12. The van der Waals surface area contributed by atoms with Gasteiger partial charge in [0.25, 0.3) is 5.69 Å². The van der Waals surface area contributed by atoms with E-state index >= 15 is 0 Å². The molecule has 1 aromatic heterocycles. The van der Waals surface area contributed by atoms with Crippen LogP contribution in [-0.2, 0) is 4.74 Å². The molecule has 0 bridgehead atoms. The Morgan fingerprint density at radius 1 is 1.18 bits per heavy atom. The number of ketones is 1. The lowest BCUT2D eigenvalue weighted by atomic mass is 9.97. The number of ether oxygens (including phenoxy) is 1. The highest BCUT2D eigenvalue weighted by Gasteiger charge is 2.26. The van der Waals surface area contributed by atoms with Crippen molar-refractivity contribution < 1.29 is 27.6 Å². The molecular weight excluding hydrogens is 377 g/mol. The Morgan fingerprint density at radius 2 is 1.96 bits per heavy atom. The van der Waals surface area contributed by atoms with Gasteiger partial charge >= 0.3 is 6.18 Å². The molecule has 0 saturated heterocycles. The van der Waals surface area contributed by atoms with E-state index in [4.69, 9.17) is 4.74 Å². The molecule has 28 heavy (non-hydrogen) atoms. The van der Waals surface area contributed by atoms with Gasteiger partial charge in [0, 0.05) is 35.6 Å². The third kappa shape index (κ3) is 4.85. The van der Waals surface area contributed by atoms with Crippen molar-refractivity contribution >= 4 is 28.4 Å². The van der Waals surface area contributed by atoms with Crippen LogP contribution in [-0.4, -0.2) is 28.5 Å². The van der Waals surface area contributed by atoms with E-state index in [9.17, 15) is 28.1 Å². The Hall–Kier alpha value is -2.97. The van der Waals surface area contributed by atoms with Crippen molar-refractivity contribution in [3.05, 3.63) is 51.4 Å². The summed E-state index contributed by atoms with van der Waals surface area (Å²) >= 11 is 0. The van der Waals surface area contributed by atoms with Gasteiger partial charge in [-0.25, -0.2) is 4.98 Å². The van der Waals surface area contributed by atoms with Crippen molar-refractivity contribution in [2.45, 2.75) is 38.3 Å². The first kappa shape index (κ1) is 19.8. The van der Waals surface area contributed by atoms with E-state index < -0.39 is 17.5 Å². The average molecular weight is 394 g/mol. The molecule has 0 radical (unpaired) electrons. The van der Waals surface area contributed by atoms with E-state index in [0.717, 1.165) is 0 Å². The number of nitrogens with zero attached hydrogens (tertiary/aromatic N) is 2. The topological polar surface area (TPSA) is 82.3 Å². The fraction of sp³-hybridized carbons (Fsp3) is 0.368. The number of Topliss-reactive ketones (excluding diaryl/α,β-unsaturated/α-hetero) is 1. The summed E-state index contributed by atoms with van der Waals surface area (Å²) < 4.78 is 41.8. The Morgan fingerprint density at radius 3 is 2.68 bits per heavy atom. The van der Waals surface area contributed by atoms with Crippen LogP contribution < -0.4 is 0 Å². The molecule has 0 saturated carbocycles. The number of nitro benzene ring substituents is 1. The molecule has 0 atom stereocenters. The smallest absolute Gasteiger partial charge is 0.389 e. The van der Waals surface area contributed by atoms with Crippen LogP contribution in [0.4, 0.5) is 18.9 Å². The van der Waals surface area contributed by atoms with Gasteiger partial charge in [0.1, 0.15) is 5.76 Å². The molecule has 1 heterocycles. The minimum atomic E-state index is -4.15. The van der Waals surface area contributed by atoms with Crippen LogP contribution in [0.5, 0.6) is 0 Å². The number of hydrogen-bond acceptors (Lipinski definition) is 5. The third-order valence-electron chi connectivity index (χ3n) is 4.37. The second-order valence-electron chi connectivity index (χ2n) is 6.54. The number of alkyl halides is 3. The van der Waals surface area contributed by atoms with Crippen LogP contribution in [0.1, 0.15) is 48.2 Å². The molecule has 0 spiro atoms. The highest BCUT2D eigenvalue weighted by molar-refractivity contribution is 6.05. The minimum Gasteiger partial charge on any atom is -0.497 e. The van der Waals surface area contributed by atoms with Gasteiger partial charge in [-0.15, -0.1) is 0 Å². The molecule has 148 valence electrons. The quantitative estimate of drug-likeness (QED) is 0.366. The predicted octanol–water partition coefficient (Wildman–Crippen LogP) is 5.21. The standard InChI is InChI=1S/C19H17F3N2O4/c20-19(21,22)6-2-1-3-7-28-14-10-17-15(18(25)11-14)8-12-4-5-13(24(26)27)9-16(12)23-17/h4-5,8-10H,1-3,6-7,11H2. The molecule has 3 rings (SSSR count). The molecule has 2 aromatic rings. The Kier molecular flexibility index (Phi) is 5.62. The fourth-order valence-corrected chi connectivity index (χ4v) is 2.97. The number of unbranched alkanes of at least 4 members (excludes halogenated alkanes) is 2. The van der Waals surface area contributed by atoms with Crippen molar-refractivity contribution in [2.24, 2.45) is 0 Å². The van der Waals surface area contributed by atoms with Crippen LogP contribution in [0.3, 0.4) is 0 Å². The van der Waals surface area contributed by atoms with Gasteiger partial charge in [0.2, 0.25) is 0 Å². The Balaban J connectivity index is 1.68. The zero-order chi connectivity index (χ0) is 20.3.